The van der Waals surface area contributed by atoms with Crippen molar-refractivity contribution in [1.29, 1.82) is 0 Å². The number of nitrogens with zero attached hydrogens (tertiary/aromatic N) is 1. The molecule has 0 radical (unpaired) electrons. The molecule has 15 heavy (non-hydrogen) atoms. The van der Waals surface area contributed by atoms with Crippen molar-refractivity contribution < 1.29 is 9.32 Å². The largest absolute Gasteiger partial charge is 0.359 e. The number of anilines is 1. The van der Waals surface area contributed by atoms with Gasteiger partial charge in [0.2, 0.25) is 5.91 Å². The van der Waals surface area contributed by atoms with Crippen molar-refractivity contribution in [3.8, 4) is 0 Å². The van der Waals surface area contributed by atoms with Gasteiger partial charge in [-0.3, -0.25) is 4.79 Å². The Balaban J connectivity index is 2.51. The van der Waals surface area contributed by atoms with Gasteiger partial charge in [-0.2, -0.15) is 0 Å². The van der Waals surface area contributed by atoms with E-state index in [0.29, 0.717) is 23.8 Å². The van der Waals surface area contributed by atoms with Gasteiger partial charge in [0.15, 0.2) is 5.76 Å². The zero-order valence-electron chi connectivity index (χ0n) is 9.76. The molecule has 1 aromatic heterocycles. The van der Waals surface area contributed by atoms with Gasteiger partial charge in [0.05, 0.1) is 0 Å². The van der Waals surface area contributed by atoms with E-state index in [4.69, 9.17) is 4.52 Å². The Bertz CT molecular complexity index is 323. The minimum atomic E-state index is 0.0260. The van der Waals surface area contributed by atoms with Gasteiger partial charge in [-0.1, -0.05) is 19.0 Å². The summed E-state index contributed by atoms with van der Waals surface area (Å²) in [6.07, 6.45) is 1.44. The second-order valence-electron chi connectivity index (χ2n) is 4.18. The molecular formula is C11H18N2O2. The average molecular weight is 210 g/mol. The molecule has 0 fully saturated rings. The molecule has 0 aliphatic carbocycles. The van der Waals surface area contributed by atoms with Gasteiger partial charge in [-0.15, -0.1) is 0 Å². The third-order valence-electron chi connectivity index (χ3n) is 2.25. The number of nitrogens with one attached hydrogen (secondary N) is 1. The fourth-order valence-corrected chi connectivity index (χ4v) is 1.28. The summed E-state index contributed by atoms with van der Waals surface area (Å²) in [6.45, 7) is 7.80. The van der Waals surface area contributed by atoms with E-state index in [1.54, 1.807) is 6.92 Å². The maximum atomic E-state index is 11.5. The zero-order chi connectivity index (χ0) is 11.4. The molecule has 0 saturated heterocycles. The second-order valence-corrected chi connectivity index (χ2v) is 4.18. The van der Waals surface area contributed by atoms with Crippen LogP contribution in [0.15, 0.2) is 4.52 Å². The number of carbonyl (C=O) groups excluding carboxylic acids is 1. The Morgan fingerprint density at radius 2 is 2.13 bits per heavy atom. The van der Waals surface area contributed by atoms with Gasteiger partial charge < -0.3 is 9.84 Å². The molecule has 1 aromatic rings. The van der Waals surface area contributed by atoms with Gasteiger partial charge in [-0.05, 0) is 26.2 Å². The molecular weight excluding hydrogens is 192 g/mol. The van der Waals surface area contributed by atoms with Crippen molar-refractivity contribution in [2.75, 3.05) is 5.32 Å². The average Bonchev–Trinajstić information content (AvgIpc) is 2.46. The highest BCUT2D eigenvalue weighted by molar-refractivity contribution is 5.91. The maximum Gasteiger partial charge on any atom is 0.224 e. The van der Waals surface area contributed by atoms with Crippen LogP contribution in [0.5, 0.6) is 0 Å². The molecule has 0 bridgehead atoms. The summed E-state index contributed by atoms with van der Waals surface area (Å²) >= 11 is 0. The second kappa shape index (κ2) is 4.96. The molecule has 1 rings (SSSR count). The Hall–Kier alpha value is -1.32. The van der Waals surface area contributed by atoms with E-state index < -0.39 is 0 Å². The van der Waals surface area contributed by atoms with Crippen molar-refractivity contribution >= 4 is 11.6 Å². The van der Waals surface area contributed by atoms with Gasteiger partial charge in [0.25, 0.3) is 0 Å². The molecule has 4 nitrogen and oxygen atoms in total. The first-order valence-electron chi connectivity index (χ1n) is 5.23. The van der Waals surface area contributed by atoms with Crippen LogP contribution in [-0.4, -0.2) is 11.1 Å². The fourth-order valence-electron chi connectivity index (χ4n) is 1.28. The molecule has 0 unspecified atom stereocenters. The van der Waals surface area contributed by atoms with Crippen LogP contribution in [0, 0.1) is 19.8 Å². The molecule has 0 spiro atoms. The molecule has 1 heterocycles. The standard InChI is InChI=1S/C11H18N2O2/c1-7(2)5-6-10(14)12-11-8(3)13-15-9(11)4/h7H,5-6H2,1-4H3,(H,12,14). The lowest BCUT2D eigenvalue weighted by molar-refractivity contribution is -0.116. The van der Waals surface area contributed by atoms with Gasteiger partial charge >= 0.3 is 0 Å². The molecule has 1 amide bonds. The van der Waals surface area contributed by atoms with E-state index in [2.05, 4.69) is 24.3 Å². The molecule has 0 atom stereocenters. The number of hydrogen-bond acceptors (Lipinski definition) is 3. The molecule has 0 aromatic carbocycles. The fraction of sp³-hybridized carbons (Fsp3) is 0.636. The van der Waals surface area contributed by atoms with E-state index >= 15 is 0 Å². The van der Waals surface area contributed by atoms with E-state index in [9.17, 15) is 4.79 Å². The van der Waals surface area contributed by atoms with Crippen molar-refractivity contribution in [2.45, 2.75) is 40.5 Å². The van der Waals surface area contributed by atoms with Crippen LogP contribution in [0.25, 0.3) is 0 Å². The predicted octanol–water partition coefficient (Wildman–Crippen LogP) is 2.67. The normalized spacial score (nSPS) is 10.7. The first-order chi connectivity index (χ1) is 7.00. The lowest BCUT2D eigenvalue weighted by Crippen LogP contribution is -2.13. The third kappa shape index (κ3) is 3.38. The number of aromatic nitrogens is 1. The Morgan fingerprint density at radius 1 is 1.47 bits per heavy atom. The number of rotatable bonds is 4. The number of carbonyl (C=O) groups is 1. The lowest BCUT2D eigenvalue weighted by atomic mass is 10.1. The molecule has 1 N–H and O–H groups in total. The van der Waals surface area contributed by atoms with Crippen LogP contribution in [0.4, 0.5) is 5.69 Å². The summed E-state index contributed by atoms with van der Waals surface area (Å²) in [5.41, 5.74) is 1.44. The Labute approximate surface area is 90.0 Å². The first kappa shape index (κ1) is 11.8. The van der Waals surface area contributed by atoms with E-state index in [1.807, 2.05) is 6.92 Å². The molecule has 0 aliphatic heterocycles. The van der Waals surface area contributed by atoms with E-state index in [-0.39, 0.29) is 5.91 Å². The highest BCUT2D eigenvalue weighted by Gasteiger charge is 2.12. The molecule has 84 valence electrons. The van der Waals surface area contributed by atoms with Crippen LogP contribution in [0.2, 0.25) is 0 Å². The SMILES string of the molecule is Cc1noc(C)c1NC(=O)CCC(C)C. The predicted molar refractivity (Wildman–Crippen MR) is 58.7 cm³/mol. The monoisotopic (exact) mass is 210 g/mol. The maximum absolute atomic E-state index is 11.5. The van der Waals surface area contributed by atoms with Crippen LogP contribution >= 0.6 is 0 Å². The van der Waals surface area contributed by atoms with Crippen molar-refractivity contribution in [3.05, 3.63) is 11.5 Å². The minimum Gasteiger partial charge on any atom is -0.359 e. The van der Waals surface area contributed by atoms with Crippen molar-refractivity contribution in [1.82, 2.24) is 5.16 Å². The first-order valence-corrected chi connectivity index (χ1v) is 5.23. The van der Waals surface area contributed by atoms with Crippen LogP contribution in [-0.2, 0) is 4.79 Å². The van der Waals surface area contributed by atoms with E-state index in [1.165, 1.54) is 0 Å². The van der Waals surface area contributed by atoms with Gasteiger partial charge in [-0.25, -0.2) is 0 Å². The molecule has 0 aliphatic rings. The van der Waals surface area contributed by atoms with Crippen LogP contribution in [0.3, 0.4) is 0 Å². The summed E-state index contributed by atoms with van der Waals surface area (Å²) < 4.78 is 4.96. The van der Waals surface area contributed by atoms with Crippen LogP contribution < -0.4 is 5.32 Å². The van der Waals surface area contributed by atoms with Crippen LogP contribution in [0.1, 0.15) is 38.1 Å². The molecule has 0 saturated carbocycles. The summed E-state index contributed by atoms with van der Waals surface area (Å²) in [5.74, 6) is 1.23. The molecule has 4 heteroatoms. The smallest absolute Gasteiger partial charge is 0.224 e. The third-order valence-corrected chi connectivity index (χ3v) is 2.25. The van der Waals surface area contributed by atoms with Crippen molar-refractivity contribution in [3.63, 3.8) is 0 Å². The summed E-state index contributed by atoms with van der Waals surface area (Å²) in [6, 6.07) is 0. The number of amides is 1. The van der Waals surface area contributed by atoms with Crippen molar-refractivity contribution in [2.24, 2.45) is 5.92 Å². The summed E-state index contributed by atoms with van der Waals surface area (Å²) in [7, 11) is 0. The van der Waals surface area contributed by atoms with Gasteiger partial charge in [0.1, 0.15) is 11.4 Å². The highest BCUT2D eigenvalue weighted by Crippen LogP contribution is 2.19. The Morgan fingerprint density at radius 3 is 2.60 bits per heavy atom. The minimum absolute atomic E-state index is 0.0260. The topological polar surface area (TPSA) is 55.1 Å². The summed E-state index contributed by atoms with van der Waals surface area (Å²) in [4.78, 5) is 11.5. The zero-order valence-corrected chi connectivity index (χ0v) is 9.76. The summed E-state index contributed by atoms with van der Waals surface area (Å²) in [5, 5.41) is 6.59. The van der Waals surface area contributed by atoms with Gasteiger partial charge in [0, 0.05) is 6.42 Å². The highest BCUT2D eigenvalue weighted by atomic mass is 16.5. The van der Waals surface area contributed by atoms with E-state index in [0.717, 1.165) is 12.1 Å². The number of aryl methyl sites for hydroxylation is 2. The quantitative estimate of drug-likeness (QED) is 0.831. The number of hydrogen-bond donors (Lipinski definition) is 1. The Kier molecular flexibility index (Phi) is 3.88. The lowest BCUT2D eigenvalue weighted by Gasteiger charge is -2.05.